The minimum atomic E-state index is -0.842. The number of hydrogen-bond donors (Lipinski definition) is 0. The van der Waals surface area contributed by atoms with Crippen molar-refractivity contribution < 1.29 is 14.2 Å². The number of benzene rings is 3. The molecule has 6 nitrogen and oxygen atoms in total. The van der Waals surface area contributed by atoms with E-state index in [1.807, 2.05) is 74.5 Å². The Morgan fingerprint density at radius 2 is 1.35 bits per heavy atom. The van der Waals surface area contributed by atoms with Crippen molar-refractivity contribution in [1.29, 1.82) is 0 Å². The Hall–Kier alpha value is -3.41. The van der Waals surface area contributed by atoms with Crippen molar-refractivity contribution >= 4 is 0 Å². The largest absolute Gasteiger partial charge is 0.356 e. The number of hydrogen-bond acceptors (Lipinski definition) is 4. The minimum Gasteiger partial charge on any atom is -0.356 e. The zero-order valence-electron chi connectivity index (χ0n) is 19.2. The maximum absolute atomic E-state index is 9.07. The molecular weight excluding hydrogens is 426 g/mol. The van der Waals surface area contributed by atoms with Crippen LogP contribution in [0.3, 0.4) is 0 Å². The van der Waals surface area contributed by atoms with E-state index in [0.29, 0.717) is 0 Å². The predicted octanol–water partition coefficient (Wildman–Crippen LogP) is 6.13. The number of rotatable bonds is 7. The van der Waals surface area contributed by atoms with E-state index >= 15 is 0 Å². The van der Waals surface area contributed by atoms with Crippen LogP contribution in [0.5, 0.6) is 0 Å². The van der Waals surface area contributed by atoms with Gasteiger partial charge in [0.05, 0.1) is 12.6 Å². The van der Waals surface area contributed by atoms with Crippen molar-refractivity contribution in [2.75, 3.05) is 6.61 Å². The van der Waals surface area contributed by atoms with E-state index in [1.165, 1.54) is 0 Å². The maximum Gasteiger partial charge on any atom is 0.164 e. The first-order valence-corrected chi connectivity index (χ1v) is 11.4. The van der Waals surface area contributed by atoms with Crippen LogP contribution in [0.15, 0.2) is 108 Å². The Morgan fingerprint density at radius 1 is 0.853 bits per heavy atom. The van der Waals surface area contributed by atoms with Gasteiger partial charge in [0, 0.05) is 4.91 Å². The molecule has 3 atom stereocenters. The van der Waals surface area contributed by atoms with Gasteiger partial charge in [-0.3, -0.25) is 0 Å². The summed E-state index contributed by atoms with van der Waals surface area (Å²) in [6.07, 6.45) is 1.24. The van der Waals surface area contributed by atoms with E-state index in [1.54, 1.807) is 0 Å². The van der Waals surface area contributed by atoms with Crippen LogP contribution in [0.2, 0.25) is 0 Å². The zero-order valence-corrected chi connectivity index (χ0v) is 19.2. The van der Waals surface area contributed by atoms with Crippen molar-refractivity contribution in [3.05, 3.63) is 130 Å². The summed E-state index contributed by atoms with van der Waals surface area (Å²) in [5.41, 5.74) is 12.2. The average molecular weight is 454 g/mol. The Kier molecular flexibility index (Phi) is 5.98. The van der Waals surface area contributed by atoms with Gasteiger partial charge in [-0.05, 0) is 41.6 Å². The first-order valence-electron chi connectivity index (χ1n) is 11.4. The van der Waals surface area contributed by atoms with E-state index < -0.39 is 17.4 Å². The summed E-state index contributed by atoms with van der Waals surface area (Å²) in [7, 11) is 0. The fourth-order valence-corrected chi connectivity index (χ4v) is 4.98. The van der Waals surface area contributed by atoms with Crippen LogP contribution in [0.4, 0.5) is 0 Å². The van der Waals surface area contributed by atoms with Crippen LogP contribution < -0.4 is 0 Å². The SMILES string of the molecule is CC1(C)O[C@@H]2[C@H](O1)C(COC(c1ccccc1)(c1ccccc1)c1ccccc1)=C[C@H]2N=[N+]=[N-]. The van der Waals surface area contributed by atoms with Gasteiger partial charge >= 0.3 is 0 Å². The van der Waals surface area contributed by atoms with Gasteiger partial charge in [0.15, 0.2) is 5.79 Å². The van der Waals surface area contributed by atoms with Gasteiger partial charge in [-0.2, -0.15) is 0 Å². The van der Waals surface area contributed by atoms with Gasteiger partial charge < -0.3 is 14.2 Å². The van der Waals surface area contributed by atoms with Gasteiger partial charge in [0.25, 0.3) is 0 Å². The van der Waals surface area contributed by atoms with E-state index in [4.69, 9.17) is 19.7 Å². The van der Waals surface area contributed by atoms with Crippen LogP contribution >= 0.6 is 0 Å². The molecule has 0 saturated carbocycles. The summed E-state index contributed by atoms with van der Waals surface area (Å²) < 4.78 is 19.2. The van der Waals surface area contributed by atoms with Crippen molar-refractivity contribution in [1.82, 2.24) is 0 Å². The highest BCUT2D eigenvalue weighted by molar-refractivity contribution is 5.47. The molecule has 0 aromatic heterocycles. The van der Waals surface area contributed by atoms with Crippen molar-refractivity contribution in [3.8, 4) is 0 Å². The number of ether oxygens (including phenoxy) is 3. The minimum absolute atomic E-state index is 0.288. The lowest BCUT2D eigenvalue weighted by Gasteiger charge is -2.36. The average Bonchev–Trinajstić information content (AvgIpc) is 3.35. The molecule has 1 fully saturated rings. The molecule has 1 aliphatic heterocycles. The van der Waals surface area contributed by atoms with Crippen molar-refractivity contribution in [2.24, 2.45) is 5.11 Å². The second kappa shape index (κ2) is 9.09. The molecule has 34 heavy (non-hydrogen) atoms. The van der Waals surface area contributed by atoms with E-state index in [2.05, 4.69) is 46.4 Å². The molecule has 1 aliphatic carbocycles. The van der Waals surface area contributed by atoms with Crippen LogP contribution in [0.1, 0.15) is 30.5 Å². The second-order valence-electron chi connectivity index (χ2n) is 9.03. The molecular formula is C28H27N3O3. The van der Waals surface area contributed by atoms with Gasteiger partial charge in [-0.25, -0.2) is 0 Å². The Bertz CT molecular complexity index is 1110. The quantitative estimate of drug-likeness (QED) is 0.142. The summed E-state index contributed by atoms with van der Waals surface area (Å²) in [6.45, 7) is 4.04. The highest BCUT2D eigenvalue weighted by Gasteiger charge is 2.50. The molecule has 0 spiro atoms. The molecule has 5 rings (SSSR count). The third kappa shape index (κ3) is 4.02. The molecule has 172 valence electrons. The first kappa shape index (κ1) is 22.4. The third-order valence-corrected chi connectivity index (χ3v) is 6.40. The van der Waals surface area contributed by atoms with Crippen LogP contribution in [0, 0.1) is 0 Å². The summed E-state index contributed by atoms with van der Waals surface area (Å²) in [6, 6.07) is 30.3. The van der Waals surface area contributed by atoms with E-state index in [-0.39, 0.29) is 18.8 Å². The van der Waals surface area contributed by atoms with Gasteiger partial charge in [-0.15, -0.1) is 0 Å². The molecule has 1 saturated heterocycles. The molecule has 0 N–H and O–H groups in total. The molecule has 6 heteroatoms. The molecule has 0 radical (unpaired) electrons. The Morgan fingerprint density at radius 3 is 1.82 bits per heavy atom. The molecule has 2 aliphatic rings. The summed E-state index contributed by atoms with van der Waals surface area (Å²) in [5.74, 6) is -0.757. The molecule has 0 amide bonds. The lowest BCUT2D eigenvalue weighted by molar-refractivity contribution is -0.146. The molecule has 3 aromatic carbocycles. The highest BCUT2D eigenvalue weighted by atomic mass is 16.8. The summed E-state index contributed by atoms with van der Waals surface area (Å²) in [4.78, 5) is 3.02. The third-order valence-electron chi connectivity index (χ3n) is 6.40. The van der Waals surface area contributed by atoms with Crippen molar-refractivity contribution in [3.63, 3.8) is 0 Å². The van der Waals surface area contributed by atoms with E-state index in [0.717, 1.165) is 22.3 Å². The standard InChI is InChI=1S/C28H27N3O3/c1-27(2)33-25-20(18-24(30-31-29)26(25)34-27)19-32-28(21-12-6-3-7-13-21,22-14-8-4-9-15-22)23-16-10-5-11-17-23/h3-18,24-26H,19H2,1-2H3/t24-,25-,26+/m1/s1. The lowest BCUT2D eigenvalue weighted by atomic mass is 9.80. The van der Waals surface area contributed by atoms with Crippen LogP contribution in [-0.2, 0) is 19.8 Å². The van der Waals surface area contributed by atoms with Crippen LogP contribution in [-0.4, -0.2) is 30.6 Å². The molecule has 0 unspecified atom stereocenters. The number of nitrogens with zero attached hydrogens (tertiary/aromatic N) is 3. The topological polar surface area (TPSA) is 76.5 Å². The predicted molar refractivity (Wildman–Crippen MR) is 130 cm³/mol. The normalized spacial score (nSPS) is 23.1. The Labute approximate surface area is 199 Å². The second-order valence-corrected chi connectivity index (χ2v) is 9.03. The summed E-state index contributed by atoms with van der Waals surface area (Å²) >= 11 is 0. The van der Waals surface area contributed by atoms with Gasteiger partial charge in [-0.1, -0.05) is 102 Å². The number of azide groups is 1. The first-order chi connectivity index (χ1) is 16.5. The van der Waals surface area contributed by atoms with Crippen LogP contribution in [0.25, 0.3) is 10.4 Å². The molecule has 1 heterocycles. The lowest BCUT2D eigenvalue weighted by Crippen LogP contribution is -2.35. The monoisotopic (exact) mass is 453 g/mol. The van der Waals surface area contributed by atoms with Gasteiger partial charge in [0.1, 0.15) is 17.8 Å². The molecule has 0 bridgehead atoms. The maximum atomic E-state index is 9.07. The zero-order chi connectivity index (χ0) is 23.6. The fraction of sp³-hybridized carbons (Fsp3) is 0.286. The molecule has 3 aromatic rings. The Balaban J connectivity index is 1.58. The van der Waals surface area contributed by atoms with Crippen molar-refractivity contribution in [2.45, 2.75) is 43.5 Å². The van der Waals surface area contributed by atoms with E-state index in [9.17, 15) is 0 Å². The summed E-state index contributed by atoms with van der Waals surface area (Å²) in [5, 5.41) is 3.94. The fourth-order valence-electron chi connectivity index (χ4n) is 4.98. The smallest absolute Gasteiger partial charge is 0.164 e. The number of fused-ring (bicyclic) bond motifs is 1. The highest BCUT2D eigenvalue weighted by Crippen LogP contribution is 2.44. The van der Waals surface area contributed by atoms with Gasteiger partial charge in [0.2, 0.25) is 0 Å².